The Morgan fingerprint density at radius 2 is 2.00 bits per heavy atom. The molecule has 1 rings (SSSR count). The van der Waals surface area contributed by atoms with Crippen LogP contribution in [0.25, 0.3) is 0 Å². The summed E-state index contributed by atoms with van der Waals surface area (Å²) in [5.41, 5.74) is 0.602. The van der Waals surface area contributed by atoms with Crippen molar-refractivity contribution in [3.63, 3.8) is 0 Å². The van der Waals surface area contributed by atoms with Crippen LogP contribution in [0.5, 0.6) is 0 Å². The highest BCUT2D eigenvalue weighted by Gasteiger charge is 2.08. The monoisotopic (exact) mass is 259 g/mol. The fourth-order valence-corrected chi connectivity index (χ4v) is 1.74. The van der Waals surface area contributed by atoms with Gasteiger partial charge >= 0.3 is 0 Å². The summed E-state index contributed by atoms with van der Waals surface area (Å²) in [5.74, 6) is -0.113. The molecule has 1 atom stereocenters. The molecule has 0 radical (unpaired) electrons. The van der Waals surface area contributed by atoms with E-state index in [1.54, 1.807) is 24.3 Å². The standard InChI is InChI=1S/C12H15Cl2NO/c1-2-3-11(14)8-15-12(16)9-4-6-10(13)7-5-9/h4-7,11H,2-3,8H2,1H3,(H,15,16). The topological polar surface area (TPSA) is 29.1 Å². The van der Waals surface area contributed by atoms with Crippen molar-refractivity contribution in [3.8, 4) is 0 Å². The minimum absolute atomic E-state index is 0.00116. The van der Waals surface area contributed by atoms with Crippen LogP contribution in [-0.2, 0) is 0 Å². The van der Waals surface area contributed by atoms with Gasteiger partial charge in [-0.05, 0) is 30.7 Å². The molecule has 0 heterocycles. The van der Waals surface area contributed by atoms with Crippen molar-refractivity contribution >= 4 is 29.1 Å². The second kappa shape index (κ2) is 6.77. The lowest BCUT2D eigenvalue weighted by atomic mass is 10.2. The molecule has 0 aliphatic carbocycles. The van der Waals surface area contributed by atoms with E-state index < -0.39 is 0 Å². The van der Waals surface area contributed by atoms with Gasteiger partial charge in [0.2, 0.25) is 0 Å². The summed E-state index contributed by atoms with van der Waals surface area (Å²) < 4.78 is 0. The molecule has 0 aliphatic heterocycles. The van der Waals surface area contributed by atoms with Gasteiger partial charge in [0.05, 0.1) is 5.38 Å². The van der Waals surface area contributed by atoms with E-state index in [-0.39, 0.29) is 11.3 Å². The molecule has 0 aromatic heterocycles. The summed E-state index contributed by atoms with van der Waals surface area (Å²) in [6.07, 6.45) is 1.92. The van der Waals surface area contributed by atoms with E-state index in [2.05, 4.69) is 12.2 Å². The molecule has 0 saturated carbocycles. The van der Waals surface area contributed by atoms with Gasteiger partial charge in [0.15, 0.2) is 0 Å². The van der Waals surface area contributed by atoms with E-state index in [9.17, 15) is 4.79 Å². The third kappa shape index (κ3) is 4.42. The zero-order chi connectivity index (χ0) is 12.0. The molecular formula is C12H15Cl2NO. The Bertz CT molecular complexity index is 337. The molecule has 2 nitrogen and oxygen atoms in total. The van der Waals surface area contributed by atoms with Crippen LogP contribution in [0.1, 0.15) is 30.1 Å². The number of hydrogen-bond donors (Lipinski definition) is 1. The lowest BCUT2D eigenvalue weighted by Crippen LogP contribution is -2.29. The molecule has 0 aliphatic rings. The van der Waals surface area contributed by atoms with Crippen LogP contribution in [0, 0.1) is 0 Å². The first-order valence-corrected chi connectivity index (χ1v) is 6.12. The van der Waals surface area contributed by atoms with Gasteiger partial charge < -0.3 is 5.32 Å². The van der Waals surface area contributed by atoms with Crippen LogP contribution in [-0.4, -0.2) is 17.8 Å². The van der Waals surface area contributed by atoms with Gasteiger partial charge in [-0.15, -0.1) is 11.6 Å². The fourth-order valence-electron chi connectivity index (χ4n) is 1.32. The van der Waals surface area contributed by atoms with E-state index >= 15 is 0 Å². The van der Waals surface area contributed by atoms with Gasteiger partial charge in [-0.1, -0.05) is 24.9 Å². The van der Waals surface area contributed by atoms with Crippen molar-refractivity contribution in [2.45, 2.75) is 25.1 Å². The predicted octanol–water partition coefficient (Wildman–Crippen LogP) is 3.48. The van der Waals surface area contributed by atoms with E-state index in [1.807, 2.05) is 0 Å². The summed E-state index contributed by atoms with van der Waals surface area (Å²) in [6.45, 7) is 2.56. The predicted molar refractivity (Wildman–Crippen MR) is 68.3 cm³/mol. The molecule has 4 heteroatoms. The maximum atomic E-state index is 11.7. The molecule has 1 N–H and O–H groups in total. The summed E-state index contributed by atoms with van der Waals surface area (Å²) >= 11 is 11.7. The zero-order valence-corrected chi connectivity index (χ0v) is 10.7. The van der Waals surface area contributed by atoms with Crippen LogP contribution in [0.3, 0.4) is 0 Å². The van der Waals surface area contributed by atoms with Crippen molar-refractivity contribution in [1.82, 2.24) is 5.32 Å². The Kier molecular flexibility index (Phi) is 5.64. The SMILES string of the molecule is CCCC(Cl)CNC(=O)c1ccc(Cl)cc1. The van der Waals surface area contributed by atoms with Crippen molar-refractivity contribution in [1.29, 1.82) is 0 Å². The van der Waals surface area contributed by atoms with Crippen LogP contribution in [0.4, 0.5) is 0 Å². The molecule has 88 valence electrons. The molecular weight excluding hydrogens is 245 g/mol. The maximum absolute atomic E-state index is 11.7. The van der Waals surface area contributed by atoms with Gasteiger partial charge in [-0.25, -0.2) is 0 Å². The van der Waals surface area contributed by atoms with Gasteiger partial charge in [0, 0.05) is 17.1 Å². The normalized spacial score (nSPS) is 12.2. The van der Waals surface area contributed by atoms with E-state index in [1.165, 1.54) is 0 Å². The first kappa shape index (κ1) is 13.3. The van der Waals surface area contributed by atoms with Crippen LogP contribution >= 0.6 is 23.2 Å². The Balaban J connectivity index is 2.43. The van der Waals surface area contributed by atoms with Crippen LogP contribution in [0.2, 0.25) is 5.02 Å². The first-order valence-electron chi connectivity index (χ1n) is 5.31. The highest BCUT2D eigenvalue weighted by molar-refractivity contribution is 6.30. The molecule has 1 aromatic rings. The number of rotatable bonds is 5. The first-order chi connectivity index (χ1) is 7.63. The minimum atomic E-state index is -0.113. The fraction of sp³-hybridized carbons (Fsp3) is 0.417. The molecule has 1 aromatic carbocycles. The number of benzene rings is 1. The average Bonchev–Trinajstić information content (AvgIpc) is 2.27. The molecule has 0 saturated heterocycles. The third-order valence-corrected chi connectivity index (χ3v) is 2.82. The molecule has 0 bridgehead atoms. The van der Waals surface area contributed by atoms with E-state index in [4.69, 9.17) is 23.2 Å². The number of hydrogen-bond acceptors (Lipinski definition) is 1. The number of alkyl halides is 1. The third-order valence-electron chi connectivity index (χ3n) is 2.19. The minimum Gasteiger partial charge on any atom is -0.351 e. The Labute approximate surface area is 106 Å². The Morgan fingerprint density at radius 3 is 2.56 bits per heavy atom. The average molecular weight is 260 g/mol. The van der Waals surface area contributed by atoms with Gasteiger partial charge in [0.25, 0.3) is 5.91 Å². The number of carbonyl (C=O) groups is 1. The number of nitrogens with one attached hydrogen (secondary N) is 1. The highest BCUT2D eigenvalue weighted by Crippen LogP contribution is 2.09. The Morgan fingerprint density at radius 1 is 1.38 bits per heavy atom. The second-order valence-electron chi connectivity index (χ2n) is 3.60. The van der Waals surface area contributed by atoms with Crippen molar-refractivity contribution in [2.75, 3.05) is 6.54 Å². The summed E-state index contributed by atoms with van der Waals surface area (Å²) in [7, 11) is 0. The summed E-state index contributed by atoms with van der Waals surface area (Å²) in [6, 6.07) is 6.78. The molecule has 1 amide bonds. The number of carbonyl (C=O) groups excluding carboxylic acids is 1. The number of amides is 1. The van der Waals surface area contributed by atoms with Crippen molar-refractivity contribution in [3.05, 3.63) is 34.9 Å². The van der Waals surface area contributed by atoms with Gasteiger partial charge in [0.1, 0.15) is 0 Å². The van der Waals surface area contributed by atoms with E-state index in [0.29, 0.717) is 17.1 Å². The quantitative estimate of drug-likeness (QED) is 0.807. The van der Waals surface area contributed by atoms with Crippen molar-refractivity contribution in [2.24, 2.45) is 0 Å². The second-order valence-corrected chi connectivity index (χ2v) is 4.66. The zero-order valence-electron chi connectivity index (χ0n) is 9.17. The molecule has 0 fully saturated rings. The maximum Gasteiger partial charge on any atom is 0.251 e. The smallest absolute Gasteiger partial charge is 0.251 e. The lowest BCUT2D eigenvalue weighted by Gasteiger charge is -2.09. The highest BCUT2D eigenvalue weighted by atomic mass is 35.5. The van der Waals surface area contributed by atoms with Crippen molar-refractivity contribution < 1.29 is 4.79 Å². The number of halogens is 2. The summed E-state index contributed by atoms with van der Waals surface area (Å²) in [4.78, 5) is 11.7. The van der Waals surface area contributed by atoms with Gasteiger partial charge in [-0.3, -0.25) is 4.79 Å². The summed E-state index contributed by atoms with van der Waals surface area (Å²) in [5, 5.41) is 3.41. The van der Waals surface area contributed by atoms with Gasteiger partial charge in [-0.2, -0.15) is 0 Å². The largest absolute Gasteiger partial charge is 0.351 e. The van der Waals surface area contributed by atoms with Crippen LogP contribution < -0.4 is 5.32 Å². The lowest BCUT2D eigenvalue weighted by molar-refractivity contribution is 0.0953. The molecule has 0 spiro atoms. The Hall–Kier alpha value is -0.730. The van der Waals surface area contributed by atoms with E-state index in [0.717, 1.165) is 12.8 Å². The molecule has 16 heavy (non-hydrogen) atoms. The molecule has 1 unspecified atom stereocenters. The van der Waals surface area contributed by atoms with Crippen LogP contribution in [0.15, 0.2) is 24.3 Å².